The van der Waals surface area contributed by atoms with Gasteiger partial charge in [-0.25, -0.2) is 9.97 Å². The normalized spacial score (nSPS) is 11.0. The lowest BCUT2D eigenvalue weighted by Crippen LogP contribution is -2.17. The summed E-state index contributed by atoms with van der Waals surface area (Å²) in [5, 5.41) is 2.84. The van der Waals surface area contributed by atoms with E-state index in [1.807, 2.05) is 0 Å². The van der Waals surface area contributed by atoms with E-state index < -0.39 is 6.36 Å². The molecule has 0 atom stereocenters. The monoisotopic (exact) mass is 297 g/mol. The summed E-state index contributed by atoms with van der Waals surface area (Å²) in [5.41, 5.74) is 1.25. The Hall–Kier alpha value is -2.64. The fourth-order valence-corrected chi connectivity index (χ4v) is 1.60. The van der Waals surface area contributed by atoms with Gasteiger partial charge in [0.05, 0.1) is 11.3 Å². The van der Waals surface area contributed by atoms with E-state index in [0.717, 1.165) is 12.1 Å². The van der Waals surface area contributed by atoms with Crippen LogP contribution in [0.5, 0.6) is 5.75 Å². The molecule has 0 radical (unpaired) electrons. The number of hydrogen-bond donors (Lipinski definition) is 1. The molecule has 0 amide bonds. The highest BCUT2D eigenvalue weighted by atomic mass is 19.4. The Morgan fingerprint density at radius 1 is 1.19 bits per heavy atom. The lowest BCUT2D eigenvalue weighted by atomic mass is 10.2. The summed E-state index contributed by atoms with van der Waals surface area (Å²) >= 11 is 0. The molecule has 8 heteroatoms. The standard InChI is InChI=1S/C13H10F3N3O2/c1-8-11(6-20)12(18-7-17-8)19-9-2-4-10(5-3-9)21-13(14,15)16/h2-7H,1H3,(H,17,18,19). The number of nitrogens with one attached hydrogen (secondary N) is 1. The minimum absolute atomic E-state index is 0.280. The van der Waals surface area contributed by atoms with E-state index in [-0.39, 0.29) is 17.1 Å². The van der Waals surface area contributed by atoms with Crippen molar-refractivity contribution in [3.63, 3.8) is 0 Å². The summed E-state index contributed by atoms with van der Waals surface area (Å²) in [7, 11) is 0. The molecule has 1 aromatic carbocycles. The third kappa shape index (κ3) is 3.91. The molecular weight excluding hydrogens is 287 g/mol. The van der Waals surface area contributed by atoms with Crippen LogP contribution in [0, 0.1) is 6.92 Å². The van der Waals surface area contributed by atoms with Crippen molar-refractivity contribution in [1.82, 2.24) is 9.97 Å². The predicted octanol–water partition coefficient (Wildman–Crippen LogP) is 3.24. The molecule has 110 valence electrons. The van der Waals surface area contributed by atoms with E-state index in [0.29, 0.717) is 17.7 Å². The number of alkyl halides is 3. The number of halogens is 3. The molecule has 1 N–H and O–H groups in total. The first-order chi connectivity index (χ1) is 9.89. The van der Waals surface area contributed by atoms with E-state index in [2.05, 4.69) is 20.0 Å². The fraction of sp³-hybridized carbons (Fsp3) is 0.154. The van der Waals surface area contributed by atoms with Crippen LogP contribution in [0.3, 0.4) is 0 Å². The SMILES string of the molecule is Cc1ncnc(Nc2ccc(OC(F)(F)F)cc2)c1C=O. The zero-order chi connectivity index (χ0) is 15.5. The van der Waals surface area contributed by atoms with E-state index >= 15 is 0 Å². The van der Waals surface area contributed by atoms with E-state index in [1.54, 1.807) is 6.92 Å². The fourth-order valence-electron chi connectivity index (χ4n) is 1.60. The molecule has 2 rings (SSSR count). The van der Waals surface area contributed by atoms with Crippen LogP contribution in [-0.2, 0) is 0 Å². The molecule has 0 saturated carbocycles. The zero-order valence-electron chi connectivity index (χ0n) is 10.8. The molecule has 5 nitrogen and oxygen atoms in total. The number of anilines is 2. The Labute approximate surface area is 117 Å². The molecule has 0 unspecified atom stereocenters. The minimum Gasteiger partial charge on any atom is -0.406 e. The number of carbonyl (C=O) groups excluding carboxylic acids is 1. The van der Waals surface area contributed by atoms with Crippen molar-refractivity contribution in [3.05, 3.63) is 41.9 Å². The number of nitrogens with zero attached hydrogens (tertiary/aromatic N) is 2. The number of ether oxygens (including phenoxy) is 1. The number of aryl methyl sites for hydroxylation is 1. The van der Waals surface area contributed by atoms with Crippen LogP contribution in [-0.4, -0.2) is 22.6 Å². The maximum atomic E-state index is 12.0. The van der Waals surface area contributed by atoms with Gasteiger partial charge in [0.2, 0.25) is 0 Å². The van der Waals surface area contributed by atoms with Gasteiger partial charge in [0.15, 0.2) is 6.29 Å². The van der Waals surface area contributed by atoms with Crippen LogP contribution in [0.2, 0.25) is 0 Å². The van der Waals surface area contributed by atoms with Crippen LogP contribution in [0.15, 0.2) is 30.6 Å². The summed E-state index contributed by atoms with van der Waals surface area (Å²) in [6.07, 6.45) is -2.84. The van der Waals surface area contributed by atoms with E-state index in [9.17, 15) is 18.0 Å². The summed E-state index contributed by atoms with van der Waals surface area (Å²) in [5.74, 6) is -0.0514. The van der Waals surface area contributed by atoms with Crippen molar-refractivity contribution in [2.75, 3.05) is 5.32 Å². The Balaban J connectivity index is 2.18. The van der Waals surface area contributed by atoms with E-state index in [1.165, 1.54) is 18.5 Å². The molecular formula is C13H10F3N3O2. The summed E-state index contributed by atoms with van der Waals surface area (Å²) in [4.78, 5) is 18.8. The molecule has 1 heterocycles. The maximum absolute atomic E-state index is 12.0. The van der Waals surface area contributed by atoms with Gasteiger partial charge in [-0.3, -0.25) is 4.79 Å². The van der Waals surface area contributed by atoms with Crippen LogP contribution in [0.1, 0.15) is 16.1 Å². The van der Waals surface area contributed by atoms with Crippen molar-refractivity contribution in [2.24, 2.45) is 0 Å². The van der Waals surface area contributed by atoms with Gasteiger partial charge in [0, 0.05) is 5.69 Å². The van der Waals surface area contributed by atoms with Crippen LogP contribution in [0.25, 0.3) is 0 Å². The largest absolute Gasteiger partial charge is 0.573 e. The Morgan fingerprint density at radius 2 is 1.86 bits per heavy atom. The number of benzene rings is 1. The smallest absolute Gasteiger partial charge is 0.406 e. The lowest BCUT2D eigenvalue weighted by Gasteiger charge is -2.11. The highest BCUT2D eigenvalue weighted by molar-refractivity contribution is 5.85. The molecule has 21 heavy (non-hydrogen) atoms. The van der Waals surface area contributed by atoms with Gasteiger partial charge >= 0.3 is 6.36 Å². The number of carbonyl (C=O) groups is 1. The van der Waals surface area contributed by atoms with Gasteiger partial charge in [-0.05, 0) is 31.2 Å². The van der Waals surface area contributed by atoms with Crippen LogP contribution in [0.4, 0.5) is 24.7 Å². The highest BCUT2D eigenvalue weighted by Crippen LogP contribution is 2.25. The predicted molar refractivity (Wildman–Crippen MR) is 68.6 cm³/mol. The maximum Gasteiger partial charge on any atom is 0.573 e. The van der Waals surface area contributed by atoms with Gasteiger partial charge in [-0.15, -0.1) is 13.2 Å². The average molecular weight is 297 g/mol. The third-order valence-corrected chi connectivity index (χ3v) is 2.55. The second-order valence-electron chi connectivity index (χ2n) is 4.04. The van der Waals surface area contributed by atoms with Crippen LogP contribution < -0.4 is 10.1 Å². The van der Waals surface area contributed by atoms with Crippen molar-refractivity contribution in [1.29, 1.82) is 0 Å². The quantitative estimate of drug-likeness (QED) is 0.878. The van der Waals surface area contributed by atoms with E-state index in [4.69, 9.17) is 0 Å². The Kier molecular flexibility index (Phi) is 4.06. The molecule has 0 bridgehead atoms. The molecule has 0 aliphatic rings. The number of aldehydes is 1. The second kappa shape index (κ2) is 5.78. The zero-order valence-corrected chi connectivity index (χ0v) is 10.8. The Morgan fingerprint density at radius 3 is 2.43 bits per heavy atom. The molecule has 0 aliphatic heterocycles. The van der Waals surface area contributed by atoms with Crippen molar-refractivity contribution in [3.8, 4) is 5.75 Å². The number of rotatable bonds is 4. The van der Waals surface area contributed by atoms with Gasteiger partial charge < -0.3 is 10.1 Å². The van der Waals surface area contributed by atoms with Gasteiger partial charge in [0.25, 0.3) is 0 Å². The molecule has 0 aliphatic carbocycles. The van der Waals surface area contributed by atoms with Gasteiger partial charge in [-0.2, -0.15) is 0 Å². The van der Waals surface area contributed by atoms with Crippen LogP contribution >= 0.6 is 0 Å². The summed E-state index contributed by atoms with van der Waals surface area (Å²) in [6, 6.07) is 5.08. The van der Waals surface area contributed by atoms with Gasteiger partial charge in [0.1, 0.15) is 17.9 Å². The topological polar surface area (TPSA) is 64.1 Å². The number of hydrogen-bond acceptors (Lipinski definition) is 5. The van der Waals surface area contributed by atoms with Crippen molar-refractivity contribution in [2.45, 2.75) is 13.3 Å². The van der Waals surface area contributed by atoms with Gasteiger partial charge in [-0.1, -0.05) is 0 Å². The molecule has 0 fully saturated rings. The molecule has 0 saturated heterocycles. The number of aromatic nitrogens is 2. The highest BCUT2D eigenvalue weighted by Gasteiger charge is 2.30. The Bertz CT molecular complexity index is 642. The second-order valence-corrected chi connectivity index (χ2v) is 4.04. The summed E-state index contributed by atoms with van der Waals surface area (Å²) < 4.78 is 39.9. The summed E-state index contributed by atoms with van der Waals surface area (Å²) in [6.45, 7) is 1.65. The first kappa shape index (κ1) is 14.8. The first-order valence-corrected chi connectivity index (χ1v) is 5.78. The molecule has 2 aromatic rings. The third-order valence-electron chi connectivity index (χ3n) is 2.55. The lowest BCUT2D eigenvalue weighted by molar-refractivity contribution is -0.274. The molecule has 0 spiro atoms. The van der Waals surface area contributed by atoms with Crippen molar-refractivity contribution >= 4 is 17.8 Å². The van der Waals surface area contributed by atoms with Crippen molar-refractivity contribution < 1.29 is 22.7 Å². The minimum atomic E-state index is -4.73. The first-order valence-electron chi connectivity index (χ1n) is 5.78. The average Bonchev–Trinajstić information content (AvgIpc) is 2.40. The molecule has 1 aromatic heterocycles.